The second kappa shape index (κ2) is 9.74. The lowest BCUT2D eigenvalue weighted by Crippen LogP contribution is -2.58. The number of hydrogen-bond donors (Lipinski definition) is 1. The van der Waals surface area contributed by atoms with Gasteiger partial charge in [-0.05, 0) is 65.2 Å². The Morgan fingerprint density at radius 2 is 1.86 bits per heavy atom. The smallest absolute Gasteiger partial charge is 0.282 e. The van der Waals surface area contributed by atoms with Gasteiger partial charge in [-0.15, -0.1) is 0 Å². The molecule has 1 fully saturated rings. The van der Waals surface area contributed by atoms with E-state index >= 15 is 0 Å². The van der Waals surface area contributed by atoms with Gasteiger partial charge in [-0.2, -0.15) is 0 Å². The van der Waals surface area contributed by atoms with Gasteiger partial charge >= 0.3 is 0 Å². The van der Waals surface area contributed by atoms with Gasteiger partial charge in [0.2, 0.25) is 0 Å². The number of nitrogens with zero attached hydrogens (tertiary/aromatic N) is 3. The van der Waals surface area contributed by atoms with Gasteiger partial charge in [0.1, 0.15) is 11.3 Å². The van der Waals surface area contributed by atoms with Gasteiger partial charge < -0.3 is 15.1 Å². The summed E-state index contributed by atoms with van der Waals surface area (Å²) in [5, 5.41) is 0.358. The zero-order valence-corrected chi connectivity index (χ0v) is 20.2. The van der Waals surface area contributed by atoms with Gasteiger partial charge in [-0.25, -0.2) is 18.7 Å². The van der Waals surface area contributed by atoms with Crippen LogP contribution in [0.5, 0.6) is 0 Å². The number of carbonyl (C=O) groups excluding carboxylic acids is 2. The summed E-state index contributed by atoms with van der Waals surface area (Å²) < 4.78 is 31.9. The number of allylic oxidation sites excluding steroid dienone is 1. The molecule has 7 nitrogen and oxygen atoms in total. The highest BCUT2D eigenvalue weighted by Gasteiger charge is 2.46. The van der Waals surface area contributed by atoms with Crippen LogP contribution in [-0.4, -0.2) is 45.6 Å². The van der Waals surface area contributed by atoms with Crippen LogP contribution in [0.4, 0.5) is 14.6 Å². The van der Waals surface area contributed by atoms with Gasteiger partial charge in [0.15, 0.2) is 17.3 Å². The molecule has 0 spiro atoms. The first-order valence-electron chi connectivity index (χ1n) is 11.5. The maximum absolute atomic E-state index is 13.1. The summed E-state index contributed by atoms with van der Waals surface area (Å²) >= 11 is 6.43. The number of pyridine rings is 1. The number of likely N-dealkylation sites (tertiary alicyclic amines) is 1. The third kappa shape index (κ3) is 5.51. The molecule has 0 bridgehead atoms. The Morgan fingerprint density at radius 1 is 1.11 bits per heavy atom. The van der Waals surface area contributed by atoms with Crippen LogP contribution in [0.2, 0.25) is 5.02 Å². The molecule has 1 saturated heterocycles. The summed E-state index contributed by atoms with van der Waals surface area (Å²) in [7, 11) is 0. The fourth-order valence-electron chi connectivity index (χ4n) is 3.97. The van der Waals surface area contributed by atoms with Crippen LogP contribution in [0, 0.1) is 0 Å². The number of nitrogens with two attached hydrogens (primary N) is 1. The van der Waals surface area contributed by atoms with E-state index in [4.69, 9.17) is 21.8 Å². The van der Waals surface area contributed by atoms with Crippen LogP contribution >= 0.6 is 11.6 Å². The number of carbonyl (C=O) groups is 2. The number of amides is 1. The number of aryl methyl sites for hydroxylation is 1. The summed E-state index contributed by atoms with van der Waals surface area (Å²) in [6.45, 7) is -1.12. The Balaban J connectivity index is 1.25. The zero-order valence-electron chi connectivity index (χ0n) is 19.5. The van der Waals surface area contributed by atoms with E-state index in [1.807, 2.05) is 0 Å². The molecule has 2 aromatic carbocycles. The number of nitrogen functional groups attached to an aromatic ring is 1. The monoisotopic (exact) mass is 522 g/mol. The van der Waals surface area contributed by atoms with E-state index in [2.05, 4.69) is 9.97 Å². The number of ketones is 1. The van der Waals surface area contributed by atoms with Crippen molar-refractivity contribution < 1.29 is 22.8 Å². The number of hydrogen-bond acceptors (Lipinski definition) is 6. The van der Waals surface area contributed by atoms with Gasteiger partial charge in [-0.3, -0.25) is 9.59 Å². The van der Waals surface area contributed by atoms with E-state index < -0.39 is 24.9 Å². The molecule has 0 atom stereocenters. The Bertz CT molecular complexity index is 1510. The summed E-state index contributed by atoms with van der Waals surface area (Å²) in [5.74, 6) is -2.54. The Labute approximate surface area is 215 Å². The third-order valence-electron chi connectivity index (χ3n) is 5.94. The van der Waals surface area contributed by atoms with E-state index in [9.17, 15) is 18.4 Å². The molecule has 0 saturated carbocycles. The molecule has 0 aliphatic carbocycles. The van der Waals surface area contributed by atoms with Crippen LogP contribution in [0.25, 0.3) is 28.3 Å². The van der Waals surface area contributed by atoms with Gasteiger partial charge in [0, 0.05) is 24.6 Å². The van der Waals surface area contributed by atoms with Crippen LogP contribution < -0.4 is 5.73 Å². The van der Waals surface area contributed by atoms with Crippen molar-refractivity contribution in [2.24, 2.45) is 0 Å². The van der Waals surface area contributed by atoms with Crippen LogP contribution in [0.3, 0.4) is 0 Å². The predicted molar refractivity (Wildman–Crippen MR) is 136 cm³/mol. The van der Waals surface area contributed by atoms with E-state index in [1.165, 1.54) is 6.08 Å². The van der Waals surface area contributed by atoms with Crippen molar-refractivity contribution in [3.05, 3.63) is 82.8 Å². The van der Waals surface area contributed by atoms with E-state index in [-0.39, 0.29) is 12.2 Å². The molecule has 1 aliphatic heterocycles. The van der Waals surface area contributed by atoms with Gasteiger partial charge in [-0.1, -0.05) is 23.7 Å². The highest BCUT2D eigenvalue weighted by atomic mass is 35.5. The van der Waals surface area contributed by atoms with Crippen molar-refractivity contribution in [1.82, 2.24) is 14.9 Å². The maximum Gasteiger partial charge on any atom is 0.282 e. The molecule has 0 unspecified atom stereocenters. The molecule has 5 rings (SSSR count). The Hall–Kier alpha value is -4.11. The van der Waals surface area contributed by atoms with Crippen molar-refractivity contribution in [1.29, 1.82) is 0 Å². The number of fused-ring (bicyclic) bond motifs is 1. The normalized spacial score (nSPS) is 14.7. The molecule has 37 heavy (non-hydrogen) atoms. The fourth-order valence-corrected chi connectivity index (χ4v) is 4.23. The lowest BCUT2D eigenvalue weighted by atomic mass is 10.0. The van der Waals surface area contributed by atoms with E-state index in [0.717, 1.165) is 21.6 Å². The quantitative estimate of drug-likeness (QED) is 0.325. The molecule has 4 aromatic rings. The number of alkyl halides is 2. The minimum atomic E-state index is -2.81. The number of rotatable bonds is 7. The predicted octanol–water partition coefficient (Wildman–Crippen LogP) is 5.43. The SMILES string of the molecule is Nc1ccc(/C=C/C(=O)CCc2nc3cc(-c4ccc(C(=O)N5CC(F)(F)C5)cc4)cc(Cl)c3o2)cn1. The van der Waals surface area contributed by atoms with Crippen molar-refractivity contribution in [2.75, 3.05) is 18.8 Å². The minimum Gasteiger partial charge on any atom is -0.439 e. The molecule has 3 heterocycles. The first-order valence-corrected chi connectivity index (χ1v) is 11.8. The maximum atomic E-state index is 13.1. The van der Waals surface area contributed by atoms with Crippen LogP contribution in [0.1, 0.15) is 28.2 Å². The lowest BCUT2D eigenvalue weighted by Gasteiger charge is -2.38. The molecule has 0 radical (unpaired) electrons. The minimum absolute atomic E-state index is 0.0950. The van der Waals surface area contributed by atoms with E-state index in [1.54, 1.807) is 60.8 Å². The Kier molecular flexibility index (Phi) is 6.47. The number of anilines is 1. The first kappa shape index (κ1) is 24.6. The van der Waals surface area contributed by atoms with E-state index in [0.29, 0.717) is 39.8 Å². The summed E-state index contributed by atoms with van der Waals surface area (Å²) in [6, 6.07) is 13.6. The summed E-state index contributed by atoms with van der Waals surface area (Å²) in [4.78, 5) is 34.2. The second-order valence-corrected chi connectivity index (χ2v) is 9.23. The summed E-state index contributed by atoms with van der Waals surface area (Å²) in [6.07, 6.45) is 5.23. The number of oxazole rings is 1. The van der Waals surface area contributed by atoms with Crippen molar-refractivity contribution >= 4 is 46.3 Å². The zero-order chi connectivity index (χ0) is 26.2. The average molecular weight is 523 g/mol. The molecule has 1 aliphatic rings. The highest BCUT2D eigenvalue weighted by Crippen LogP contribution is 2.32. The molecular formula is C27H21ClF2N4O3. The average Bonchev–Trinajstić information content (AvgIpc) is 3.29. The topological polar surface area (TPSA) is 102 Å². The molecule has 2 N–H and O–H groups in total. The standard InChI is InChI=1S/C27H21ClF2N4O3/c28-21-11-19(17-3-5-18(6-4-17)26(36)34-14-27(29,30)15-34)12-22-25(21)37-24(33-22)10-8-20(35)7-1-16-2-9-23(31)32-13-16/h1-7,9,11-13H,8,10,14-15H2,(H2,31,32)/b7-1+. The number of halogens is 3. The highest BCUT2D eigenvalue weighted by molar-refractivity contribution is 6.35. The summed E-state index contributed by atoms with van der Waals surface area (Å²) in [5.41, 5.74) is 9.14. The van der Waals surface area contributed by atoms with Crippen molar-refractivity contribution in [3.8, 4) is 11.1 Å². The Morgan fingerprint density at radius 3 is 2.54 bits per heavy atom. The molecule has 188 valence electrons. The van der Waals surface area contributed by atoms with Crippen molar-refractivity contribution in [2.45, 2.75) is 18.8 Å². The van der Waals surface area contributed by atoms with Gasteiger partial charge in [0.25, 0.3) is 11.8 Å². The fraction of sp³-hybridized carbons (Fsp3) is 0.185. The van der Waals surface area contributed by atoms with Crippen LogP contribution in [-0.2, 0) is 11.2 Å². The number of benzene rings is 2. The van der Waals surface area contributed by atoms with Crippen molar-refractivity contribution in [3.63, 3.8) is 0 Å². The molecule has 2 aromatic heterocycles. The third-order valence-corrected chi connectivity index (χ3v) is 6.22. The van der Waals surface area contributed by atoms with Crippen LogP contribution in [0.15, 0.2) is 65.2 Å². The lowest BCUT2D eigenvalue weighted by molar-refractivity contribution is -0.114. The number of aromatic nitrogens is 2. The second-order valence-electron chi connectivity index (χ2n) is 8.82. The van der Waals surface area contributed by atoms with Gasteiger partial charge in [0.05, 0.1) is 18.1 Å². The largest absolute Gasteiger partial charge is 0.439 e. The molecular weight excluding hydrogens is 502 g/mol. The molecule has 10 heteroatoms. The molecule has 1 amide bonds. The first-order chi connectivity index (χ1) is 17.7.